The third kappa shape index (κ3) is 2.63. The van der Waals surface area contributed by atoms with Crippen LogP contribution in [-0.4, -0.2) is 24.1 Å². The molecule has 0 aromatic rings. The molecule has 98 valence electrons. The Balaban J connectivity index is 2.11. The van der Waals surface area contributed by atoms with E-state index in [0.29, 0.717) is 17.9 Å². The quantitative estimate of drug-likeness (QED) is 0.334. The van der Waals surface area contributed by atoms with E-state index >= 15 is 0 Å². The Morgan fingerprint density at radius 1 is 1.18 bits per heavy atom. The molecule has 0 amide bonds. The van der Waals surface area contributed by atoms with E-state index in [1.807, 2.05) is 0 Å². The van der Waals surface area contributed by atoms with Crippen LogP contribution < -0.4 is 11.3 Å². The van der Waals surface area contributed by atoms with Gasteiger partial charge in [-0.3, -0.25) is 4.99 Å². The molecule has 1 saturated heterocycles. The summed E-state index contributed by atoms with van der Waals surface area (Å²) in [6.07, 6.45) is 5.51. The van der Waals surface area contributed by atoms with Crippen molar-refractivity contribution in [3.63, 3.8) is 0 Å². The van der Waals surface area contributed by atoms with E-state index in [9.17, 15) is 0 Å². The summed E-state index contributed by atoms with van der Waals surface area (Å²) < 4.78 is 5.86. The fourth-order valence-electron chi connectivity index (χ4n) is 3.19. The first-order valence-corrected chi connectivity index (χ1v) is 6.83. The number of aliphatic imine (C=N–C) groups is 1. The number of amidine groups is 1. The van der Waals surface area contributed by atoms with E-state index in [-0.39, 0.29) is 12.2 Å². The number of ether oxygens (including phenoxy) is 1. The van der Waals surface area contributed by atoms with Gasteiger partial charge in [0.25, 0.3) is 0 Å². The highest BCUT2D eigenvalue weighted by molar-refractivity contribution is 5.85. The smallest absolute Gasteiger partial charge is 0.117 e. The van der Waals surface area contributed by atoms with Crippen LogP contribution in [-0.2, 0) is 4.74 Å². The fraction of sp³-hybridized carbons (Fsp3) is 0.923. The zero-order valence-corrected chi connectivity index (χ0v) is 11.1. The van der Waals surface area contributed by atoms with Crippen molar-refractivity contribution in [1.29, 1.82) is 0 Å². The van der Waals surface area contributed by atoms with E-state index in [0.717, 1.165) is 5.84 Å². The number of hydrogen-bond donors (Lipinski definition) is 2. The predicted molar refractivity (Wildman–Crippen MR) is 69.7 cm³/mol. The van der Waals surface area contributed by atoms with E-state index in [1.165, 1.54) is 25.7 Å². The van der Waals surface area contributed by atoms with Gasteiger partial charge in [0.2, 0.25) is 0 Å². The topological polar surface area (TPSA) is 59.6 Å². The largest absolute Gasteiger partial charge is 0.374 e. The summed E-state index contributed by atoms with van der Waals surface area (Å²) in [5.41, 5.74) is 2.82. The zero-order valence-electron chi connectivity index (χ0n) is 11.1. The van der Waals surface area contributed by atoms with Crippen molar-refractivity contribution in [2.24, 2.45) is 22.7 Å². The molecule has 0 spiro atoms. The molecule has 3 N–H and O–H groups in total. The summed E-state index contributed by atoms with van der Waals surface area (Å²) in [5, 5.41) is 0. The summed E-state index contributed by atoms with van der Waals surface area (Å²) in [6, 6.07) is 0.469. The Kier molecular flexibility index (Phi) is 4.05. The minimum absolute atomic E-state index is 0.205. The van der Waals surface area contributed by atoms with Gasteiger partial charge >= 0.3 is 0 Å². The molecule has 1 heterocycles. The zero-order chi connectivity index (χ0) is 12.4. The maximum atomic E-state index is 5.86. The second-order valence-electron chi connectivity index (χ2n) is 5.53. The molecule has 1 saturated carbocycles. The number of hydrazine groups is 1. The van der Waals surface area contributed by atoms with Crippen molar-refractivity contribution in [3.8, 4) is 0 Å². The normalized spacial score (nSPS) is 39.9. The van der Waals surface area contributed by atoms with Gasteiger partial charge in [-0.1, -0.05) is 19.8 Å². The number of rotatable bonds is 2. The van der Waals surface area contributed by atoms with Gasteiger partial charge in [0.05, 0.1) is 18.2 Å². The van der Waals surface area contributed by atoms with Crippen molar-refractivity contribution in [1.82, 2.24) is 5.43 Å². The molecule has 4 atom stereocenters. The fourth-order valence-corrected chi connectivity index (χ4v) is 3.19. The average molecular weight is 239 g/mol. The molecule has 17 heavy (non-hydrogen) atoms. The number of hydrogen-bond acceptors (Lipinski definition) is 3. The Morgan fingerprint density at radius 2 is 1.82 bits per heavy atom. The van der Waals surface area contributed by atoms with Gasteiger partial charge in [-0.2, -0.15) is 0 Å². The molecule has 2 fully saturated rings. The van der Waals surface area contributed by atoms with Crippen LogP contribution in [0.1, 0.15) is 46.5 Å². The molecule has 1 aliphatic carbocycles. The maximum absolute atomic E-state index is 5.86. The van der Waals surface area contributed by atoms with E-state index in [4.69, 9.17) is 15.6 Å². The van der Waals surface area contributed by atoms with Crippen LogP contribution in [0.4, 0.5) is 0 Å². The minimum atomic E-state index is 0.205. The SMILES string of the molecule is CC1OC(C)C(C(=NC2CCCC2)NN)C1C. The maximum Gasteiger partial charge on any atom is 0.117 e. The third-order valence-corrected chi connectivity index (χ3v) is 4.35. The van der Waals surface area contributed by atoms with E-state index < -0.39 is 0 Å². The lowest BCUT2D eigenvalue weighted by Crippen LogP contribution is -2.42. The van der Waals surface area contributed by atoms with Crippen LogP contribution in [0.15, 0.2) is 4.99 Å². The van der Waals surface area contributed by atoms with Crippen LogP contribution in [0.2, 0.25) is 0 Å². The van der Waals surface area contributed by atoms with Crippen LogP contribution in [0.25, 0.3) is 0 Å². The highest BCUT2D eigenvalue weighted by Gasteiger charge is 2.40. The van der Waals surface area contributed by atoms with Crippen LogP contribution >= 0.6 is 0 Å². The van der Waals surface area contributed by atoms with Crippen LogP contribution in [0, 0.1) is 11.8 Å². The predicted octanol–water partition coefficient (Wildman–Crippen LogP) is 1.85. The summed E-state index contributed by atoms with van der Waals surface area (Å²) in [7, 11) is 0. The molecule has 1 aliphatic heterocycles. The molecule has 2 rings (SSSR count). The highest BCUT2D eigenvalue weighted by atomic mass is 16.5. The summed E-state index contributed by atoms with van der Waals surface area (Å²) >= 11 is 0. The molecule has 0 radical (unpaired) electrons. The van der Waals surface area contributed by atoms with Gasteiger partial charge in [0.15, 0.2) is 0 Å². The van der Waals surface area contributed by atoms with Crippen LogP contribution in [0.3, 0.4) is 0 Å². The molecule has 0 aromatic heterocycles. The highest BCUT2D eigenvalue weighted by Crippen LogP contribution is 2.33. The molecule has 4 unspecified atom stereocenters. The Morgan fingerprint density at radius 3 is 2.29 bits per heavy atom. The molecular weight excluding hydrogens is 214 g/mol. The lowest BCUT2D eigenvalue weighted by Gasteiger charge is -2.21. The second-order valence-corrected chi connectivity index (χ2v) is 5.53. The number of nitrogens with zero attached hydrogens (tertiary/aromatic N) is 1. The standard InChI is InChI=1S/C13H25N3O/c1-8-9(2)17-10(3)12(8)13(16-14)15-11-6-4-5-7-11/h8-12H,4-7,14H2,1-3H3,(H,15,16). The lowest BCUT2D eigenvalue weighted by molar-refractivity contribution is 0.0549. The first-order valence-electron chi connectivity index (χ1n) is 6.83. The van der Waals surface area contributed by atoms with Gasteiger partial charge in [-0.15, -0.1) is 0 Å². The monoisotopic (exact) mass is 239 g/mol. The van der Waals surface area contributed by atoms with Gasteiger partial charge in [0.1, 0.15) is 5.84 Å². The molecule has 0 bridgehead atoms. The summed E-state index contributed by atoms with van der Waals surface area (Å²) in [4.78, 5) is 4.81. The van der Waals surface area contributed by atoms with Crippen molar-refractivity contribution < 1.29 is 4.74 Å². The molecule has 4 heteroatoms. The van der Waals surface area contributed by atoms with Gasteiger partial charge in [-0.25, -0.2) is 5.84 Å². The summed E-state index contributed by atoms with van der Waals surface area (Å²) in [6.45, 7) is 6.47. The number of nitrogens with two attached hydrogens (primary N) is 1. The molecule has 0 aromatic carbocycles. The second kappa shape index (κ2) is 5.36. The van der Waals surface area contributed by atoms with E-state index in [1.54, 1.807) is 0 Å². The first-order chi connectivity index (χ1) is 8.13. The molecular formula is C13H25N3O. The Hall–Kier alpha value is -0.610. The lowest BCUT2D eigenvalue weighted by atomic mass is 9.88. The van der Waals surface area contributed by atoms with Crippen molar-refractivity contribution in [2.75, 3.05) is 0 Å². The van der Waals surface area contributed by atoms with Gasteiger partial charge in [-0.05, 0) is 32.6 Å². The Labute approximate surface area is 104 Å². The summed E-state index contributed by atoms with van der Waals surface area (Å²) in [5.74, 6) is 7.40. The minimum Gasteiger partial charge on any atom is -0.374 e. The average Bonchev–Trinajstić information content (AvgIpc) is 2.87. The first kappa shape index (κ1) is 12.8. The van der Waals surface area contributed by atoms with E-state index in [2.05, 4.69) is 26.2 Å². The molecule has 2 aliphatic rings. The van der Waals surface area contributed by atoms with Crippen molar-refractivity contribution >= 4 is 5.84 Å². The molecule has 4 nitrogen and oxygen atoms in total. The van der Waals surface area contributed by atoms with Gasteiger partial charge < -0.3 is 10.2 Å². The Bertz CT molecular complexity index is 286. The van der Waals surface area contributed by atoms with Gasteiger partial charge in [0, 0.05) is 5.92 Å². The third-order valence-electron chi connectivity index (χ3n) is 4.35. The van der Waals surface area contributed by atoms with Crippen molar-refractivity contribution in [2.45, 2.75) is 64.7 Å². The number of nitrogens with one attached hydrogen (secondary N) is 1. The van der Waals surface area contributed by atoms with Crippen LogP contribution in [0.5, 0.6) is 0 Å². The van der Waals surface area contributed by atoms with Crippen molar-refractivity contribution in [3.05, 3.63) is 0 Å².